The summed E-state index contributed by atoms with van der Waals surface area (Å²) in [5.74, 6) is -0.521. The molecule has 15 heavy (non-hydrogen) atoms. The van der Waals surface area contributed by atoms with Crippen LogP contribution in [-0.2, 0) is 11.2 Å². The van der Waals surface area contributed by atoms with E-state index in [2.05, 4.69) is 17.4 Å². The summed E-state index contributed by atoms with van der Waals surface area (Å²) in [5.41, 5.74) is 1.44. The van der Waals surface area contributed by atoms with Crippen molar-refractivity contribution < 1.29 is 9.53 Å². The zero-order valence-electron chi connectivity index (χ0n) is 8.57. The number of thiol groups is 1. The number of rotatable bonds is 2. The number of benzene rings is 1. The number of aryl methyl sites for hydroxylation is 1. The van der Waals surface area contributed by atoms with Crippen molar-refractivity contribution in [2.24, 2.45) is 0 Å². The second-order valence-corrected chi connectivity index (χ2v) is 3.43. The molecule has 1 aromatic carbocycles. The van der Waals surface area contributed by atoms with Crippen molar-refractivity contribution in [3.63, 3.8) is 0 Å². The fraction of sp³-hybridized carbons (Fsp3) is 0.273. The van der Waals surface area contributed by atoms with Gasteiger partial charge in [-0.25, -0.2) is 4.79 Å². The molecule has 0 bridgehead atoms. The van der Waals surface area contributed by atoms with Gasteiger partial charge in [0.2, 0.25) is 0 Å². The predicted molar refractivity (Wildman–Crippen MR) is 59.1 cm³/mol. The lowest BCUT2D eigenvalue weighted by atomic mass is 10.00. The molecule has 78 valence electrons. The molecule has 3 nitrogen and oxygen atoms in total. The lowest BCUT2D eigenvalue weighted by molar-refractivity contribution is 0.0596. The molecule has 0 aliphatic rings. The normalized spacial score (nSPS) is 9.47. The first-order chi connectivity index (χ1) is 7.15. The van der Waals surface area contributed by atoms with Crippen LogP contribution in [0.15, 0.2) is 17.0 Å². The Morgan fingerprint density at radius 1 is 1.60 bits per heavy atom. The third-order valence-corrected chi connectivity index (χ3v) is 2.52. The minimum absolute atomic E-state index is 0.252. The molecular weight excluding hydrogens is 210 g/mol. The summed E-state index contributed by atoms with van der Waals surface area (Å²) in [4.78, 5) is 11.9. The van der Waals surface area contributed by atoms with E-state index in [4.69, 9.17) is 5.26 Å². The fourth-order valence-corrected chi connectivity index (χ4v) is 1.64. The van der Waals surface area contributed by atoms with Crippen molar-refractivity contribution in [1.29, 1.82) is 5.26 Å². The van der Waals surface area contributed by atoms with Crippen LogP contribution in [0.2, 0.25) is 0 Å². The maximum atomic E-state index is 11.5. The van der Waals surface area contributed by atoms with Gasteiger partial charge in [0.25, 0.3) is 0 Å². The average molecular weight is 221 g/mol. The SMILES string of the molecule is CCc1ccc(S)c(C(=O)OC)c1C#N. The smallest absolute Gasteiger partial charge is 0.340 e. The van der Waals surface area contributed by atoms with Gasteiger partial charge in [-0.05, 0) is 18.1 Å². The van der Waals surface area contributed by atoms with Gasteiger partial charge in [-0.2, -0.15) is 5.26 Å². The molecule has 0 heterocycles. The maximum absolute atomic E-state index is 11.5. The lowest BCUT2D eigenvalue weighted by Crippen LogP contribution is -2.07. The van der Waals surface area contributed by atoms with Crippen LogP contribution in [0, 0.1) is 11.3 Å². The molecular formula is C11H11NO2S. The Kier molecular flexibility index (Phi) is 3.75. The molecule has 0 radical (unpaired) electrons. The highest BCUT2D eigenvalue weighted by Crippen LogP contribution is 2.23. The van der Waals surface area contributed by atoms with E-state index >= 15 is 0 Å². The number of carbonyl (C=O) groups is 1. The van der Waals surface area contributed by atoms with Crippen LogP contribution in [0.5, 0.6) is 0 Å². The second-order valence-electron chi connectivity index (χ2n) is 2.95. The molecule has 0 atom stereocenters. The van der Waals surface area contributed by atoms with Gasteiger partial charge >= 0.3 is 5.97 Å². The molecule has 0 saturated carbocycles. The first-order valence-corrected chi connectivity index (χ1v) is 4.93. The minimum Gasteiger partial charge on any atom is -0.465 e. The second kappa shape index (κ2) is 4.85. The van der Waals surface area contributed by atoms with Crippen LogP contribution in [0.4, 0.5) is 0 Å². The van der Waals surface area contributed by atoms with Crippen LogP contribution in [0.1, 0.15) is 28.4 Å². The zero-order valence-corrected chi connectivity index (χ0v) is 9.47. The largest absolute Gasteiger partial charge is 0.465 e. The van der Waals surface area contributed by atoms with Gasteiger partial charge < -0.3 is 4.74 Å². The van der Waals surface area contributed by atoms with E-state index in [0.717, 1.165) is 5.56 Å². The molecule has 0 fully saturated rings. The van der Waals surface area contributed by atoms with Crippen molar-refractivity contribution in [1.82, 2.24) is 0 Å². The van der Waals surface area contributed by atoms with Gasteiger partial charge in [-0.15, -0.1) is 12.6 Å². The molecule has 0 N–H and O–H groups in total. The first-order valence-electron chi connectivity index (χ1n) is 4.49. The van der Waals surface area contributed by atoms with E-state index in [9.17, 15) is 4.79 Å². The monoisotopic (exact) mass is 221 g/mol. The highest BCUT2D eigenvalue weighted by Gasteiger charge is 2.17. The molecule has 0 aromatic heterocycles. The number of hydrogen-bond donors (Lipinski definition) is 1. The van der Waals surface area contributed by atoms with Crippen molar-refractivity contribution in [3.8, 4) is 6.07 Å². The first kappa shape index (κ1) is 11.6. The molecule has 4 heteroatoms. The third-order valence-electron chi connectivity index (χ3n) is 2.15. The van der Waals surface area contributed by atoms with Gasteiger partial charge in [0.05, 0.1) is 18.2 Å². The summed E-state index contributed by atoms with van der Waals surface area (Å²) in [5, 5.41) is 9.01. The number of carbonyl (C=O) groups excluding carboxylic acids is 1. The molecule has 0 unspecified atom stereocenters. The fourth-order valence-electron chi connectivity index (χ4n) is 1.37. The molecule has 1 aromatic rings. The van der Waals surface area contributed by atoms with Crippen LogP contribution < -0.4 is 0 Å². The average Bonchev–Trinajstić information content (AvgIpc) is 2.27. The Labute approximate surface area is 94.1 Å². The summed E-state index contributed by atoms with van der Waals surface area (Å²) in [6.45, 7) is 1.93. The van der Waals surface area contributed by atoms with Crippen molar-refractivity contribution in [2.75, 3.05) is 7.11 Å². The van der Waals surface area contributed by atoms with Crippen LogP contribution >= 0.6 is 12.6 Å². The molecule has 0 amide bonds. The molecule has 0 saturated heterocycles. The summed E-state index contributed by atoms with van der Waals surface area (Å²) >= 11 is 4.15. The number of nitrogens with zero attached hydrogens (tertiary/aromatic N) is 1. The van der Waals surface area contributed by atoms with Crippen molar-refractivity contribution in [3.05, 3.63) is 28.8 Å². The summed E-state index contributed by atoms with van der Waals surface area (Å²) in [7, 11) is 1.29. The summed E-state index contributed by atoms with van der Waals surface area (Å²) in [6.07, 6.45) is 0.695. The quantitative estimate of drug-likeness (QED) is 0.615. The zero-order chi connectivity index (χ0) is 11.4. The molecule has 0 aliphatic heterocycles. The Bertz CT molecular complexity index is 435. The Balaban J connectivity index is 3.47. The van der Waals surface area contributed by atoms with Crippen LogP contribution in [0.25, 0.3) is 0 Å². The van der Waals surface area contributed by atoms with E-state index in [-0.39, 0.29) is 5.56 Å². The number of esters is 1. The lowest BCUT2D eigenvalue weighted by Gasteiger charge is -2.08. The van der Waals surface area contributed by atoms with E-state index < -0.39 is 5.97 Å². The van der Waals surface area contributed by atoms with E-state index in [1.807, 2.05) is 13.0 Å². The maximum Gasteiger partial charge on any atom is 0.340 e. The number of methoxy groups -OCH3 is 1. The third kappa shape index (κ3) is 2.13. The van der Waals surface area contributed by atoms with Crippen molar-refractivity contribution >= 4 is 18.6 Å². The van der Waals surface area contributed by atoms with Crippen LogP contribution in [0.3, 0.4) is 0 Å². The standard InChI is InChI=1S/C11H11NO2S/c1-3-7-4-5-9(15)10(8(7)6-12)11(13)14-2/h4-5,15H,3H2,1-2H3. The van der Waals surface area contributed by atoms with Crippen LogP contribution in [-0.4, -0.2) is 13.1 Å². The molecule has 0 aliphatic carbocycles. The Morgan fingerprint density at radius 3 is 2.73 bits per heavy atom. The predicted octanol–water partition coefficient (Wildman–Crippen LogP) is 2.20. The van der Waals surface area contributed by atoms with E-state index in [0.29, 0.717) is 16.9 Å². The highest BCUT2D eigenvalue weighted by molar-refractivity contribution is 7.80. The molecule has 0 spiro atoms. The number of hydrogen-bond acceptors (Lipinski definition) is 4. The summed E-state index contributed by atoms with van der Waals surface area (Å²) in [6, 6.07) is 5.52. The van der Waals surface area contributed by atoms with Gasteiger partial charge in [-0.3, -0.25) is 0 Å². The van der Waals surface area contributed by atoms with Crippen molar-refractivity contribution in [2.45, 2.75) is 18.2 Å². The van der Waals surface area contributed by atoms with Gasteiger partial charge in [0, 0.05) is 4.90 Å². The Hall–Kier alpha value is -1.47. The van der Waals surface area contributed by atoms with E-state index in [1.54, 1.807) is 12.1 Å². The topological polar surface area (TPSA) is 50.1 Å². The van der Waals surface area contributed by atoms with Gasteiger partial charge in [-0.1, -0.05) is 13.0 Å². The van der Waals surface area contributed by atoms with Gasteiger partial charge in [0.15, 0.2) is 0 Å². The highest BCUT2D eigenvalue weighted by atomic mass is 32.1. The number of ether oxygens (including phenoxy) is 1. The van der Waals surface area contributed by atoms with E-state index in [1.165, 1.54) is 7.11 Å². The summed E-state index contributed by atoms with van der Waals surface area (Å²) < 4.78 is 4.62. The number of nitriles is 1. The minimum atomic E-state index is -0.521. The van der Waals surface area contributed by atoms with Gasteiger partial charge in [0.1, 0.15) is 6.07 Å². The molecule has 1 rings (SSSR count). The Morgan fingerprint density at radius 2 is 2.27 bits per heavy atom.